The first-order valence-corrected chi connectivity index (χ1v) is 7.57. The topological polar surface area (TPSA) is 17.8 Å². The Labute approximate surface area is 131 Å². The summed E-state index contributed by atoms with van der Waals surface area (Å²) in [6.07, 6.45) is 3.80. The summed E-state index contributed by atoms with van der Waals surface area (Å²) in [6, 6.07) is 15.1. The first-order valence-electron chi connectivity index (χ1n) is 6.65. The molecule has 3 aromatic rings. The van der Waals surface area contributed by atoms with E-state index in [0.717, 1.165) is 16.8 Å². The van der Waals surface area contributed by atoms with Crippen LogP contribution < -0.4 is 0 Å². The van der Waals surface area contributed by atoms with E-state index in [1.54, 1.807) is 13.0 Å². The second-order valence-electron chi connectivity index (χ2n) is 4.92. The second-order valence-corrected chi connectivity index (χ2v) is 5.84. The van der Waals surface area contributed by atoms with Gasteiger partial charge in [0, 0.05) is 11.8 Å². The lowest BCUT2D eigenvalue weighted by Crippen LogP contribution is -1.95. The van der Waals surface area contributed by atoms with Crippen LogP contribution in [0.5, 0.6) is 0 Å². The molecule has 0 radical (unpaired) electrons. The SMILES string of the molecule is Cc1cc(C(Br)c2cnn(-c3ccccc3)c2)ccc1F. The Kier molecular flexibility index (Phi) is 3.88. The molecule has 1 atom stereocenters. The van der Waals surface area contributed by atoms with Gasteiger partial charge in [0.25, 0.3) is 0 Å². The van der Waals surface area contributed by atoms with Gasteiger partial charge in [-0.3, -0.25) is 0 Å². The molecular formula is C17H14BrFN2. The standard InChI is InChI=1S/C17H14BrFN2/c1-12-9-13(7-8-16(12)19)17(18)14-10-20-21(11-14)15-5-3-2-4-6-15/h2-11,17H,1H3. The van der Waals surface area contributed by atoms with E-state index in [-0.39, 0.29) is 10.6 Å². The first kappa shape index (κ1) is 14.0. The van der Waals surface area contributed by atoms with Crippen LogP contribution in [0.3, 0.4) is 0 Å². The van der Waals surface area contributed by atoms with Crippen molar-refractivity contribution in [1.29, 1.82) is 0 Å². The van der Waals surface area contributed by atoms with E-state index in [1.165, 1.54) is 6.07 Å². The molecular weight excluding hydrogens is 331 g/mol. The molecule has 0 bridgehead atoms. The van der Waals surface area contributed by atoms with Gasteiger partial charge in [0.05, 0.1) is 16.7 Å². The predicted octanol–water partition coefficient (Wildman–Crippen LogP) is 4.80. The van der Waals surface area contributed by atoms with Crippen molar-refractivity contribution in [1.82, 2.24) is 9.78 Å². The molecule has 0 aliphatic carbocycles. The van der Waals surface area contributed by atoms with Gasteiger partial charge < -0.3 is 0 Å². The fourth-order valence-corrected chi connectivity index (χ4v) is 2.73. The zero-order valence-electron chi connectivity index (χ0n) is 11.5. The maximum absolute atomic E-state index is 13.4. The number of hydrogen-bond acceptors (Lipinski definition) is 1. The van der Waals surface area contributed by atoms with Crippen LogP contribution in [0.2, 0.25) is 0 Å². The van der Waals surface area contributed by atoms with E-state index >= 15 is 0 Å². The van der Waals surface area contributed by atoms with Crippen molar-refractivity contribution in [2.45, 2.75) is 11.8 Å². The highest BCUT2D eigenvalue weighted by atomic mass is 79.9. The molecule has 106 valence electrons. The van der Waals surface area contributed by atoms with Gasteiger partial charge >= 0.3 is 0 Å². The third kappa shape index (κ3) is 2.90. The van der Waals surface area contributed by atoms with Crippen LogP contribution in [0.15, 0.2) is 60.9 Å². The van der Waals surface area contributed by atoms with Crippen molar-refractivity contribution >= 4 is 15.9 Å². The van der Waals surface area contributed by atoms with E-state index in [0.29, 0.717) is 5.56 Å². The van der Waals surface area contributed by atoms with E-state index in [4.69, 9.17) is 0 Å². The quantitative estimate of drug-likeness (QED) is 0.623. The number of alkyl halides is 1. The summed E-state index contributed by atoms with van der Waals surface area (Å²) in [5, 5.41) is 4.39. The van der Waals surface area contributed by atoms with Crippen LogP contribution in [0.1, 0.15) is 21.5 Å². The fraction of sp³-hybridized carbons (Fsp3) is 0.118. The third-order valence-electron chi connectivity index (χ3n) is 3.39. The Hall–Kier alpha value is -1.94. The highest BCUT2D eigenvalue weighted by Gasteiger charge is 2.14. The molecule has 0 aliphatic rings. The molecule has 0 saturated heterocycles. The summed E-state index contributed by atoms with van der Waals surface area (Å²) >= 11 is 3.66. The van der Waals surface area contributed by atoms with E-state index < -0.39 is 0 Å². The summed E-state index contributed by atoms with van der Waals surface area (Å²) in [5.74, 6) is -0.182. The van der Waals surface area contributed by atoms with E-state index in [1.807, 2.05) is 53.5 Å². The lowest BCUT2D eigenvalue weighted by Gasteiger charge is -2.09. The van der Waals surface area contributed by atoms with E-state index in [9.17, 15) is 4.39 Å². The molecule has 1 aromatic heterocycles. The maximum Gasteiger partial charge on any atom is 0.126 e. The Morgan fingerprint density at radius 2 is 1.86 bits per heavy atom. The highest BCUT2D eigenvalue weighted by molar-refractivity contribution is 9.09. The number of para-hydroxylation sites is 1. The van der Waals surface area contributed by atoms with Crippen LogP contribution in [0.4, 0.5) is 4.39 Å². The molecule has 0 N–H and O–H groups in total. The van der Waals surface area contributed by atoms with Crippen molar-refractivity contribution in [3.63, 3.8) is 0 Å². The maximum atomic E-state index is 13.4. The summed E-state index contributed by atoms with van der Waals surface area (Å²) in [4.78, 5) is -0.00531. The third-order valence-corrected chi connectivity index (χ3v) is 4.45. The average Bonchev–Trinajstić information content (AvgIpc) is 3.00. The summed E-state index contributed by atoms with van der Waals surface area (Å²) < 4.78 is 15.2. The Bertz CT molecular complexity index is 752. The zero-order chi connectivity index (χ0) is 14.8. The van der Waals surface area contributed by atoms with Crippen molar-refractivity contribution in [3.8, 4) is 5.69 Å². The zero-order valence-corrected chi connectivity index (χ0v) is 13.1. The molecule has 2 aromatic carbocycles. The minimum absolute atomic E-state index is 0.00531. The Balaban J connectivity index is 1.90. The predicted molar refractivity (Wildman–Crippen MR) is 85.5 cm³/mol. The molecule has 1 unspecified atom stereocenters. The number of benzene rings is 2. The average molecular weight is 345 g/mol. The smallest absolute Gasteiger partial charge is 0.126 e. The van der Waals surface area contributed by atoms with Crippen molar-refractivity contribution in [3.05, 3.63) is 83.4 Å². The van der Waals surface area contributed by atoms with Crippen molar-refractivity contribution < 1.29 is 4.39 Å². The van der Waals surface area contributed by atoms with Crippen LogP contribution in [-0.2, 0) is 0 Å². The highest BCUT2D eigenvalue weighted by Crippen LogP contribution is 2.31. The van der Waals surface area contributed by atoms with Gasteiger partial charge in [0.2, 0.25) is 0 Å². The summed E-state index contributed by atoms with van der Waals surface area (Å²) in [5.41, 5.74) is 3.71. The summed E-state index contributed by atoms with van der Waals surface area (Å²) in [7, 11) is 0. The molecule has 1 heterocycles. The second kappa shape index (κ2) is 5.82. The molecule has 4 heteroatoms. The Morgan fingerprint density at radius 3 is 2.57 bits per heavy atom. The van der Waals surface area contributed by atoms with Gasteiger partial charge in [0.15, 0.2) is 0 Å². The molecule has 2 nitrogen and oxygen atoms in total. The number of rotatable bonds is 3. The van der Waals surface area contributed by atoms with Gasteiger partial charge in [0.1, 0.15) is 5.82 Å². The lowest BCUT2D eigenvalue weighted by molar-refractivity contribution is 0.618. The van der Waals surface area contributed by atoms with E-state index in [2.05, 4.69) is 21.0 Å². The van der Waals surface area contributed by atoms with Gasteiger partial charge in [-0.15, -0.1) is 0 Å². The molecule has 0 aliphatic heterocycles. The van der Waals surface area contributed by atoms with Crippen LogP contribution >= 0.6 is 15.9 Å². The van der Waals surface area contributed by atoms with Crippen molar-refractivity contribution in [2.24, 2.45) is 0 Å². The fourth-order valence-electron chi connectivity index (χ4n) is 2.21. The van der Waals surface area contributed by atoms with Crippen molar-refractivity contribution in [2.75, 3.05) is 0 Å². The van der Waals surface area contributed by atoms with Gasteiger partial charge in [-0.2, -0.15) is 5.10 Å². The molecule has 3 rings (SSSR count). The number of halogens is 2. The lowest BCUT2D eigenvalue weighted by atomic mass is 10.1. The summed E-state index contributed by atoms with van der Waals surface area (Å²) in [6.45, 7) is 1.77. The molecule has 0 spiro atoms. The minimum Gasteiger partial charge on any atom is -0.241 e. The van der Waals surface area contributed by atoms with Gasteiger partial charge in [-0.05, 0) is 36.2 Å². The molecule has 0 fully saturated rings. The largest absolute Gasteiger partial charge is 0.241 e. The number of aryl methyl sites for hydroxylation is 1. The molecule has 0 saturated carbocycles. The van der Waals surface area contributed by atoms with Crippen LogP contribution in [0.25, 0.3) is 5.69 Å². The molecule has 0 amide bonds. The minimum atomic E-state index is -0.182. The van der Waals surface area contributed by atoms with Gasteiger partial charge in [-0.1, -0.05) is 46.3 Å². The monoisotopic (exact) mass is 344 g/mol. The van der Waals surface area contributed by atoms with Gasteiger partial charge in [-0.25, -0.2) is 9.07 Å². The number of nitrogens with zero attached hydrogens (tertiary/aromatic N) is 2. The first-order chi connectivity index (χ1) is 10.1. The van der Waals surface area contributed by atoms with Crippen LogP contribution in [0, 0.1) is 12.7 Å². The normalized spacial score (nSPS) is 12.3. The number of hydrogen-bond donors (Lipinski definition) is 0. The van der Waals surface area contributed by atoms with Crippen LogP contribution in [-0.4, -0.2) is 9.78 Å². The molecule has 21 heavy (non-hydrogen) atoms. The number of aromatic nitrogens is 2. The Morgan fingerprint density at radius 1 is 1.10 bits per heavy atom.